The summed E-state index contributed by atoms with van der Waals surface area (Å²) in [6, 6.07) is 17.2. The third-order valence-corrected chi connectivity index (χ3v) is 4.81. The molecule has 1 aliphatic rings. The van der Waals surface area contributed by atoms with Crippen molar-refractivity contribution in [2.45, 2.75) is 0 Å². The number of methoxy groups -OCH3 is 2. The molecule has 0 unspecified atom stereocenters. The van der Waals surface area contributed by atoms with Crippen LogP contribution in [-0.4, -0.2) is 43.3 Å². The zero-order chi connectivity index (χ0) is 18.4. The van der Waals surface area contributed by atoms with Crippen LogP contribution in [0.4, 0.5) is 5.69 Å². The van der Waals surface area contributed by atoms with Gasteiger partial charge in [0.15, 0.2) is 5.17 Å². The minimum Gasteiger partial charge on any atom is -0.497 e. The molecule has 5 nitrogen and oxygen atoms in total. The van der Waals surface area contributed by atoms with Gasteiger partial charge in [-0.05, 0) is 47.7 Å². The van der Waals surface area contributed by atoms with Gasteiger partial charge in [0, 0.05) is 7.11 Å². The van der Waals surface area contributed by atoms with Crippen LogP contribution >= 0.6 is 11.8 Å². The number of hydrogen-bond donors (Lipinski definition) is 0. The lowest BCUT2D eigenvalue weighted by Gasteiger charge is -2.14. The van der Waals surface area contributed by atoms with E-state index in [-0.39, 0.29) is 5.91 Å². The molecule has 0 atom stereocenters. The first-order valence-electron chi connectivity index (χ1n) is 8.19. The van der Waals surface area contributed by atoms with Crippen molar-refractivity contribution >= 4 is 34.6 Å². The summed E-state index contributed by atoms with van der Waals surface area (Å²) in [6.07, 6.45) is 1.87. The summed E-state index contributed by atoms with van der Waals surface area (Å²) in [7, 11) is 3.25. The first kappa shape index (κ1) is 18.2. The molecule has 2 aromatic carbocycles. The van der Waals surface area contributed by atoms with Gasteiger partial charge < -0.3 is 9.47 Å². The molecule has 1 saturated heterocycles. The molecule has 0 bridgehead atoms. The van der Waals surface area contributed by atoms with E-state index >= 15 is 0 Å². The molecule has 1 aliphatic heterocycles. The molecule has 0 aromatic heterocycles. The van der Waals surface area contributed by atoms with E-state index in [9.17, 15) is 4.79 Å². The maximum atomic E-state index is 12.8. The Labute approximate surface area is 157 Å². The Morgan fingerprint density at radius 1 is 1.08 bits per heavy atom. The Bertz CT molecular complexity index is 817. The highest BCUT2D eigenvalue weighted by Gasteiger charge is 2.33. The molecular formula is C20H20N2O3S. The monoisotopic (exact) mass is 368 g/mol. The average molecular weight is 368 g/mol. The van der Waals surface area contributed by atoms with Gasteiger partial charge in [0.05, 0.1) is 30.9 Å². The number of benzene rings is 2. The molecule has 0 aliphatic carbocycles. The molecule has 1 amide bonds. The van der Waals surface area contributed by atoms with Gasteiger partial charge in [0.1, 0.15) is 5.75 Å². The minimum atomic E-state index is -0.0578. The van der Waals surface area contributed by atoms with Crippen molar-refractivity contribution < 1.29 is 14.3 Å². The molecule has 0 saturated carbocycles. The molecule has 6 heteroatoms. The Morgan fingerprint density at radius 2 is 1.81 bits per heavy atom. The van der Waals surface area contributed by atoms with Gasteiger partial charge in [-0.15, -0.1) is 0 Å². The van der Waals surface area contributed by atoms with Crippen LogP contribution in [0.15, 0.2) is 64.5 Å². The first-order valence-corrected chi connectivity index (χ1v) is 9.01. The highest BCUT2D eigenvalue weighted by Crippen LogP contribution is 2.34. The summed E-state index contributed by atoms with van der Waals surface area (Å²) in [5.74, 6) is 0.725. The van der Waals surface area contributed by atoms with Crippen molar-refractivity contribution in [3.05, 3.63) is 65.1 Å². The van der Waals surface area contributed by atoms with E-state index < -0.39 is 0 Å². The van der Waals surface area contributed by atoms with E-state index in [1.165, 1.54) is 11.8 Å². The summed E-state index contributed by atoms with van der Waals surface area (Å²) in [4.78, 5) is 19.7. The number of para-hydroxylation sites is 1. The highest BCUT2D eigenvalue weighted by atomic mass is 32.2. The zero-order valence-corrected chi connectivity index (χ0v) is 15.5. The van der Waals surface area contributed by atoms with Gasteiger partial charge >= 0.3 is 0 Å². The SMILES string of the molecule is COCCN1C(=O)/C(=C\c2ccc(OC)cc2)SC1=Nc1ccccc1. The Morgan fingerprint density at radius 3 is 2.46 bits per heavy atom. The standard InChI is InChI=1S/C20H20N2O3S/c1-24-13-12-22-19(23)18(14-15-8-10-17(25-2)11-9-15)26-20(22)21-16-6-4-3-5-7-16/h3-11,14H,12-13H2,1-2H3/b18-14+,21-20?. The van der Waals surface area contributed by atoms with Crippen LogP contribution in [0.25, 0.3) is 6.08 Å². The predicted octanol–water partition coefficient (Wildman–Crippen LogP) is 3.95. The Balaban J connectivity index is 1.89. The van der Waals surface area contributed by atoms with Crippen LogP contribution in [-0.2, 0) is 9.53 Å². The van der Waals surface area contributed by atoms with Crippen LogP contribution in [0.1, 0.15) is 5.56 Å². The van der Waals surface area contributed by atoms with Gasteiger partial charge in [-0.2, -0.15) is 0 Å². The Hall–Kier alpha value is -2.57. The summed E-state index contributed by atoms with van der Waals surface area (Å²) in [5.41, 5.74) is 1.75. The summed E-state index contributed by atoms with van der Waals surface area (Å²) in [6.45, 7) is 0.921. The van der Waals surface area contributed by atoms with Gasteiger partial charge in [-0.25, -0.2) is 4.99 Å². The number of amides is 1. The van der Waals surface area contributed by atoms with E-state index in [1.807, 2.05) is 60.7 Å². The summed E-state index contributed by atoms with van der Waals surface area (Å²) >= 11 is 1.38. The van der Waals surface area contributed by atoms with Gasteiger partial charge in [-0.1, -0.05) is 30.3 Å². The molecular weight excluding hydrogens is 348 g/mol. The van der Waals surface area contributed by atoms with Crippen LogP contribution in [0, 0.1) is 0 Å². The molecule has 3 rings (SSSR count). The van der Waals surface area contributed by atoms with E-state index in [4.69, 9.17) is 9.47 Å². The molecule has 1 fully saturated rings. The fourth-order valence-corrected chi connectivity index (χ4v) is 3.46. The van der Waals surface area contributed by atoms with E-state index in [1.54, 1.807) is 19.1 Å². The number of ether oxygens (including phenoxy) is 2. The largest absolute Gasteiger partial charge is 0.497 e. The number of nitrogens with zero attached hydrogens (tertiary/aromatic N) is 2. The molecule has 26 heavy (non-hydrogen) atoms. The lowest BCUT2D eigenvalue weighted by Crippen LogP contribution is -2.32. The third-order valence-electron chi connectivity index (χ3n) is 3.80. The second-order valence-corrected chi connectivity index (χ2v) is 6.57. The predicted molar refractivity (Wildman–Crippen MR) is 106 cm³/mol. The molecule has 0 spiro atoms. The zero-order valence-electron chi connectivity index (χ0n) is 14.7. The van der Waals surface area contributed by atoms with E-state index in [0.29, 0.717) is 23.2 Å². The van der Waals surface area contributed by atoms with Gasteiger partial charge in [-0.3, -0.25) is 9.69 Å². The fraction of sp³-hybridized carbons (Fsp3) is 0.200. The normalized spacial score (nSPS) is 17.3. The second-order valence-electron chi connectivity index (χ2n) is 5.56. The highest BCUT2D eigenvalue weighted by molar-refractivity contribution is 8.18. The minimum absolute atomic E-state index is 0.0578. The number of hydrogen-bond acceptors (Lipinski definition) is 5. The molecule has 0 N–H and O–H groups in total. The lowest BCUT2D eigenvalue weighted by atomic mass is 10.2. The van der Waals surface area contributed by atoms with E-state index in [0.717, 1.165) is 17.0 Å². The van der Waals surface area contributed by atoms with Crippen LogP contribution in [0.2, 0.25) is 0 Å². The van der Waals surface area contributed by atoms with Crippen molar-refractivity contribution in [2.75, 3.05) is 27.4 Å². The van der Waals surface area contributed by atoms with Crippen molar-refractivity contribution in [3.63, 3.8) is 0 Å². The van der Waals surface area contributed by atoms with Crippen molar-refractivity contribution in [2.24, 2.45) is 4.99 Å². The first-order chi connectivity index (χ1) is 12.7. The average Bonchev–Trinajstić information content (AvgIpc) is 2.96. The van der Waals surface area contributed by atoms with Crippen molar-refractivity contribution in [3.8, 4) is 5.75 Å². The van der Waals surface area contributed by atoms with Crippen LogP contribution in [0.5, 0.6) is 5.75 Å². The number of aliphatic imine (C=N–C) groups is 1. The van der Waals surface area contributed by atoms with Crippen LogP contribution in [0.3, 0.4) is 0 Å². The quantitative estimate of drug-likeness (QED) is 0.725. The fourth-order valence-electron chi connectivity index (χ4n) is 2.44. The van der Waals surface area contributed by atoms with Crippen molar-refractivity contribution in [1.29, 1.82) is 0 Å². The smallest absolute Gasteiger partial charge is 0.266 e. The van der Waals surface area contributed by atoms with Crippen molar-refractivity contribution in [1.82, 2.24) is 4.90 Å². The van der Waals surface area contributed by atoms with Gasteiger partial charge in [0.25, 0.3) is 5.91 Å². The van der Waals surface area contributed by atoms with E-state index in [2.05, 4.69) is 4.99 Å². The second kappa shape index (κ2) is 8.69. The molecule has 2 aromatic rings. The maximum Gasteiger partial charge on any atom is 0.266 e. The number of thioether (sulfide) groups is 1. The number of carbonyl (C=O) groups excluding carboxylic acids is 1. The number of amidine groups is 1. The van der Waals surface area contributed by atoms with Crippen LogP contribution < -0.4 is 4.74 Å². The lowest BCUT2D eigenvalue weighted by molar-refractivity contribution is -0.122. The van der Waals surface area contributed by atoms with Gasteiger partial charge in [0.2, 0.25) is 0 Å². The Kier molecular flexibility index (Phi) is 6.09. The number of carbonyl (C=O) groups is 1. The summed E-state index contributed by atoms with van der Waals surface area (Å²) in [5, 5.41) is 0.665. The third kappa shape index (κ3) is 4.33. The topological polar surface area (TPSA) is 51.1 Å². The molecule has 1 heterocycles. The molecule has 0 radical (unpaired) electrons. The summed E-state index contributed by atoms with van der Waals surface area (Å²) < 4.78 is 10.3. The molecule has 134 valence electrons. The maximum absolute atomic E-state index is 12.8. The number of rotatable bonds is 6.